The highest BCUT2D eigenvalue weighted by Crippen LogP contribution is 2.16. The fourth-order valence-corrected chi connectivity index (χ4v) is 2.98. The first-order valence-corrected chi connectivity index (χ1v) is 8.70. The number of hydrogen-bond acceptors (Lipinski definition) is 3. The molecule has 0 saturated carbocycles. The summed E-state index contributed by atoms with van der Waals surface area (Å²) < 4.78 is 12.2. The average molecular weight is 310 g/mol. The standard InChI is InChI=1S/C16H26N2O2S/c1-13(2)14-5-7-15(8-6-14)21(20)12-9-16(19)18(3)11-4-10-17/h5-8,13H,4,9-12,17H2,1-3H3. The van der Waals surface area contributed by atoms with Gasteiger partial charge in [0.1, 0.15) is 0 Å². The SMILES string of the molecule is CC(C)c1ccc(S(=O)CCC(=O)N(C)CCCN)cc1. The molecule has 1 aromatic carbocycles. The van der Waals surface area contributed by atoms with Crippen molar-refractivity contribution in [1.29, 1.82) is 0 Å². The lowest BCUT2D eigenvalue weighted by Crippen LogP contribution is -2.29. The molecule has 1 aromatic rings. The predicted molar refractivity (Wildman–Crippen MR) is 87.7 cm³/mol. The molecule has 1 rings (SSSR count). The van der Waals surface area contributed by atoms with Crippen molar-refractivity contribution in [2.75, 3.05) is 25.9 Å². The number of amides is 1. The minimum Gasteiger partial charge on any atom is -0.346 e. The molecule has 118 valence electrons. The van der Waals surface area contributed by atoms with Gasteiger partial charge in [-0.2, -0.15) is 0 Å². The molecule has 0 aliphatic rings. The predicted octanol–water partition coefficient (Wildman–Crippen LogP) is 2.11. The molecule has 0 heterocycles. The van der Waals surface area contributed by atoms with Crippen LogP contribution in [0.4, 0.5) is 0 Å². The zero-order valence-electron chi connectivity index (χ0n) is 13.2. The van der Waals surface area contributed by atoms with Crippen molar-refractivity contribution >= 4 is 16.7 Å². The molecule has 2 N–H and O–H groups in total. The van der Waals surface area contributed by atoms with E-state index in [1.807, 2.05) is 24.3 Å². The van der Waals surface area contributed by atoms with E-state index in [1.165, 1.54) is 5.56 Å². The summed E-state index contributed by atoms with van der Waals surface area (Å²) in [5, 5.41) is 0. The summed E-state index contributed by atoms with van der Waals surface area (Å²) in [6.45, 7) is 5.49. The topological polar surface area (TPSA) is 63.4 Å². The molecular formula is C16H26N2O2S. The fourth-order valence-electron chi connectivity index (χ4n) is 1.95. The highest BCUT2D eigenvalue weighted by Gasteiger charge is 2.11. The lowest BCUT2D eigenvalue weighted by Gasteiger charge is -2.16. The number of nitrogens with two attached hydrogens (primary N) is 1. The fraction of sp³-hybridized carbons (Fsp3) is 0.562. The summed E-state index contributed by atoms with van der Waals surface area (Å²) >= 11 is 0. The first-order chi connectivity index (χ1) is 9.95. The molecule has 0 spiro atoms. The summed E-state index contributed by atoms with van der Waals surface area (Å²) in [7, 11) is 0.642. The van der Waals surface area contributed by atoms with Crippen LogP contribution in [0.1, 0.15) is 38.2 Å². The van der Waals surface area contributed by atoms with Gasteiger partial charge >= 0.3 is 0 Å². The van der Waals surface area contributed by atoms with Crippen LogP contribution in [0.25, 0.3) is 0 Å². The van der Waals surface area contributed by atoms with Gasteiger partial charge in [-0.3, -0.25) is 9.00 Å². The highest BCUT2D eigenvalue weighted by molar-refractivity contribution is 7.85. The second-order valence-electron chi connectivity index (χ2n) is 5.48. The van der Waals surface area contributed by atoms with Gasteiger partial charge in [-0.25, -0.2) is 0 Å². The van der Waals surface area contributed by atoms with Crippen molar-refractivity contribution in [2.24, 2.45) is 5.73 Å². The quantitative estimate of drug-likeness (QED) is 0.800. The van der Waals surface area contributed by atoms with Gasteiger partial charge in [0.05, 0.1) is 10.8 Å². The van der Waals surface area contributed by atoms with Crippen LogP contribution in [-0.4, -0.2) is 40.9 Å². The van der Waals surface area contributed by atoms with Crippen LogP contribution in [-0.2, 0) is 15.6 Å². The van der Waals surface area contributed by atoms with E-state index in [9.17, 15) is 9.00 Å². The van der Waals surface area contributed by atoms with Gasteiger partial charge in [-0.1, -0.05) is 26.0 Å². The van der Waals surface area contributed by atoms with Gasteiger partial charge in [0.2, 0.25) is 5.91 Å². The third kappa shape index (κ3) is 5.98. The molecule has 0 fully saturated rings. The van der Waals surface area contributed by atoms with E-state index in [4.69, 9.17) is 5.73 Å². The number of benzene rings is 1. The molecule has 0 saturated heterocycles. The van der Waals surface area contributed by atoms with Gasteiger partial charge in [0.15, 0.2) is 0 Å². The number of carbonyl (C=O) groups excluding carboxylic acids is 1. The maximum Gasteiger partial charge on any atom is 0.223 e. The van der Waals surface area contributed by atoms with Gasteiger partial charge in [0.25, 0.3) is 0 Å². The van der Waals surface area contributed by atoms with E-state index in [1.54, 1.807) is 11.9 Å². The Balaban J connectivity index is 2.48. The van der Waals surface area contributed by atoms with Gasteiger partial charge in [0, 0.05) is 30.7 Å². The minimum absolute atomic E-state index is 0.0237. The lowest BCUT2D eigenvalue weighted by atomic mass is 10.0. The molecule has 0 aliphatic carbocycles. The number of rotatable bonds is 8. The Morgan fingerprint density at radius 1 is 1.29 bits per heavy atom. The third-order valence-corrected chi connectivity index (χ3v) is 4.81. The summed E-state index contributed by atoms with van der Waals surface area (Å²) in [5.74, 6) is 0.855. The smallest absolute Gasteiger partial charge is 0.223 e. The van der Waals surface area contributed by atoms with Crippen LogP contribution < -0.4 is 5.73 Å². The van der Waals surface area contributed by atoms with E-state index in [0.29, 0.717) is 31.2 Å². The Kier molecular flexibility index (Phi) is 7.61. The third-order valence-electron chi connectivity index (χ3n) is 3.43. The van der Waals surface area contributed by atoms with E-state index < -0.39 is 10.8 Å². The monoisotopic (exact) mass is 310 g/mol. The van der Waals surface area contributed by atoms with Crippen molar-refractivity contribution in [3.05, 3.63) is 29.8 Å². The first kappa shape index (κ1) is 17.9. The average Bonchev–Trinajstić information content (AvgIpc) is 2.49. The van der Waals surface area contributed by atoms with E-state index >= 15 is 0 Å². The van der Waals surface area contributed by atoms with Crippen LogP contribution >= 0.6 is 0 Å². The zero-order chi connectivity index (χ0) is 15.8. The second kappa shape index (κ2) is 8.95. The summed E-state index contributed by atoms with van der Waals surface area (Å²) in [6.07, 6.45) is 1.10. The zero-order valence-corrected chi connectivity index (χ0v) is 14.0. The molecule has 0 aliphatic heterocycles. The van der Waals surface area contributed by atoms with Crippen LogP contribution in [0.5, 0.6) is 0 Å². The van der Waals surface area contributed by atoms with Gasteiger partial charge in [-0.15, -0.1) is 0 Å². The number of hydrogen-bond donors (Lipinski definition) is 1. The van der Waals surface area contributed by atoms with Crippen molar-refractivity contribution in [2.45, 2.75) is 37.5 Å². The maximum absolute atomic E-state index is 12.2. The van der Waals surface area contributed by atoms with Crippen molar-refractivity contribution in [1.82, 2.24) is 4.90 Å². The van der Waals surface area contributed by atoms with Crippen LogP contribution in [0.15, 0.2) is 29.2 Å². The largest absolute Gasteiger partial charge is 0.346 e. The molecule has 0 radical (unpaired) electrons. The first-order valence-electron chi connectivity index (χ1n) is 7.38. The Hall–Kier alpha value is -1.20. The molecular weight excluding hydrogens is 284 g/mol. The van der Waals surface area contributed by atoms with E-state index in [0.717, 1.165) is 11.3 Å². The molecule has 1 atom stereocenters. The molecule has 21 heavy (non-hydrogen) atoms. The lowest BCUT2D eigenvalue weighted by molar-refractivity contribution is -0.129. The van der Waals surface area contributed by atoms with Crippen molar-refractivity contribution in [3.8, 4) is 0 Å². The van der Waals surface area contributed by atoms with E-state index in [-0.39, 0.29) is 5.91 Å². The second-order valence-corrected chi connectivity index (χ2v) is 7.05. The maximum atomic E-state index is 12.2. The summed E-state index contributed by atoms with van der Waals surface area (Å²) in [5.41, 5.74) is 6.65. The van der Waals surface area contributed by atoms with Gasteiger partial charge < -0.3 is 10.6 Å². The van der Waals surface area contributed by atoms with Gasteiger partial charge in [-0.05, 0) is 36.6 Å². The Morgan fingerprint density at radius 3 is 2.43 bits per heavy atom. The van der Waals surface area contributed by atoms with E-state index in [2.05, 4.69) is 13.8 Å². The normalized spacial score (nSPS) is 12.4. The molecule has 5 heteroatoms. The van der Waals surface area contributed by atoms with Crippen LogP contribution in [0.2, 0.25) is 0 Å². The highest BCUT2D eigenvalue weighted by atomic mass is 32.2. The Morgan fingerprint density at radius 2 is 1.90 bits per heavy atom. The number of nitrogens with zero attached hydrogens (tertiary/aromatic N) is 1. The Labute approximate surface area is 130 Å². The van der Waals surface area contributed by atoms with Crippen molar-refractivity contribution in [3.63, 3.8) is 0 Å². The number of carbonyl (C=O) groups is 1. The Bertz CT molecular complexity index is 472. The van der Waals surface area contributed by atoms with Crippen LogP contribution in [0, 0.1) is 0 Å². The van der Waals surface area contributed by atoms with Crippen molar-refractivity contribution < 1.29 is 9.00 Å². The summed E-state index contributed by atoms with van der Waals surface area (Å²) in [6, 6.07) is 7.81. The molecule has 4 nitrogen and oxygen atoms in total. The molecule has 0 bridgehead atoms. The molecule has 1 amide bonds. The molecule has 1 unspecified atom stereocenters. The molecule has 0 aromatic heterocycles. The minimum atomic E-state index is -1.12. The summed E-state index contributed by atoms with van der Waals surface area (Å²) in [4.78, 5) is 14.3. The van der Waals surface area contributed by atoms with Crippen LogP contribution in [0.3, 0.4) is 0 Å².